The molecule has 0 bridgehead atoms. The molecule has 0 aliphatic carbocycles. The molecule has 3 aromatic rings. The predicted octanol–water partition coefficient (Wildman–Crippen LogP) is 3.78. The normalized spacial score (nSPS) is 16.9. The van der Waals surface area contributed by atoms with Crippen molar-refractivity contribution >= 4 is 11.8 Å². The largest absolute Gasteiger partial charge is 0.317 e. The van der Waals surface area contributed by atoms with E-state index in [-0.39, 0.29) is 11.9 Å². The zero-order valence-electron chi connectivity index (χ0n) is 11.1. The van der Waals surface area contributed by atoms with E-state index in [1.807, 2.05) is 30.7 Å². The topological polar surface area (TPSA) is 30.7 Å². The standard InChI is InChI=1S/C16H12FN3S/c17-13-3-1-11(2-4-13)14-9-20-15(10-21-16(20)19-14)12-5-7-18-8-6-12/h1-9,15H,10H2. The maximum absolute atomic E-state index is 13.0. The van der Waals surface area contributed by atoms with E-state index >= 15 is 0 Å². The van der Waals surface area contributed by atoms with E-state index in [4.69, 9.17) is 0 Å². The number of aromatic nitrogens is 3. The second kappa shape index (κ2) is 5.00. The molecule has 0 N–H and O–H groups in total. The third-order valence-corrected chi connectivity index (χ3v) is 4.68. The van der Waals surface area contributed by atoms with Crippen molar-refractivity contribution in [2.75, 3.05) is 5.75 Å². The Kier molecular flexibility index (Phi) is 3.00. The van der Waals surface area contributed by atoms with Gasteiger partial charge in [-0.05, 0) is 42.0 Å². The van der Waals surface area contributed by atoms with Crippen LogP contribution in [0.2, 0.25) is 0 Å². The highest BCUT2D eigenvalue weighted by Gasteiger charge is 2.26. The van der Waals surface area contributed by atoms with Gasteiger partial charge >= 0.3 is 0 Å². The molecular weight excluding hydrogens is 285 g/mol. The van der Waals surface area contributed by atoms with Crippen LogP contribution in [0.4, 0.5) is 4.39 Å². The zero-order valence-corrected chi connectivity index (χ0v) is 11.9. The van der Waals surface area contributed by atoms with Crippen molar-refractivity contribution in [3.8, 4) is 11.3 Å². The third-order valence-electron chi connectivity index (χ3n) is 3.64. The summed E-state index contributed by atoms with van der Waals surface area (Å²) in [4.78, 5) is 8.72. The summed E-state index contributed by atoms with van der Waals surface area (Å²) < 4.78 is 15.2. The SMILES string of the molecule is Fc1ccc(-c2cn3c(n2)SCC3c2ccncc2)cc1. The van der Waals surface area contributed by atoms with Gasteiger partial charge in [0.2, 0.25) is 0 Å². The summed E-state index contributed by atoms with van der Waals surface area (Å²) in [5.74, 6) is 0.755. The fourth-order valence-electron chi connectivity index (χ4n) is 2.54. The summed E-state index contributed by atoms with van der Waals surface area (Å²) in [7, 11) is 0. The van der Waals surface area contributed by atoms with Gasteiger partial charge < -0.3 is 4.57 Å². The number of halogens is 1. The van der Waals surface area contributed by atoms with E-state index in [0.29, 0.717) is 0 Å². The molecule has 1 aliphatic rings. The highest BCUT2D eigenvalue weighted by Crippen LogP contribution is 2.38. The van der Waals surface area contributed by atoms with Crippen LogP contribution in [0.15, 0.2) is 60.1 Å². The van der Waals surface area contributed by atoms with Crippen molar-refractivity contribution in [1.82, 2.24) is 14.5 Å². The molecule has 1 atom stereocenters. The molecule has 0 spiro atoms. The number of thioether (sulfide) groups is 1. The van der Waals surface area contributed by atoms with Gasteiger partial charge in [0.1, 0.15) is 5.82 Å². The number of hydrogen-bond acceptors (Lipinski definition) is 3. The number of imidazole rings is 1. The Labute approximate surface area is 125 Å². The lowest BCUT2D eigenvalue weighted by Gasteiger charge is -2.11. The molecule has 0 radical (unpaired) electrons. The molecule has 3 heterocycles. The average Bonchev–Trinajstić information content (AvgIpc) is 3.09. The number of nitrogens with zero attached hydrogens (tertiary/aromatic N) is 3. The molecule has 21 heavy (non-hydrogen) atoms. The van der Waals surface area contributed by atoms with Gasteiger partial charge in [0.05, 0.1) is 11.7 Å². The maximum atomic E-state index is 13.0. The predicted molar refractivity (Wildman–Crippen MR) is 80.7 cm³/mol. The van der Waals surface area contributed by atoms with Gasteiger partial charge in [-0.15, -0.1) is 0 Å². The second-order valence-electron chi connectivity index (χ2n) is 4.93. The summed E-state index contributed by atoms with van der Waals surface area (Å²) >= 11 is 1.75. The van der Waals surface area contributed by atoms with Crippen LogP contribution in [0.25, 0.3) is 11.3 Å². The molecule has 1 unspecified atom stereocenters. The molecule has 4 rings (SSSR count). The van der Waals surface area contributed by atoms with Crippen molar-refractivity contribution in [1.29, 1.82) is 0 Å². The Balaban J connectivity index is 1.72. The Morgan fingerprint density at radius 3 is 2.62 bits per heavy atom. The van der Waals surface area contributed by atoms with E-state index in [9.17, 15) is 4.39 Å². The van der Waals surface area contributed by atoms with Gasteiger partial charge in [0, 0.05) is 29.9 Å². The molecular formula is C16H12FN3S. The summed E-state index contributed by atoms with van der Waals surface area (Å²) in [6, 6.07) is 10.8. The first kappa shape index (κ1) is 12.6. The first-order valence-electron chi connectivity index (χ1n) is 6.69. The van der Waals surface area contributed by atoms with Crippen molar-refractivity contribution < 1.29 is 4.39 Å². The molecule has 0 saturated heterocycles. The summed E-state index contributed by atoms with van der Waals surface area (Å²) in [5, 5.41) is 1.01. The Morgan fingerprint density at radius 1 is 1.10 bits per heavy atom. The molecule has 1 aliphatic heterocycles. The lowest BCUT2D eigenvalue weighted by atomic mass is 10.1. The number of benzene rings is 1. The first-order chi connectivity index (χ1) is 10.3. The van der Waals surface area contributed by atoms with Gasteiger partial charge in [-0.25, -0.2) is 9.37 Å². The molecule has 0 amide bonds. The molecule has 5 heteroatoms. The number of fused-ring (bicyclic) bond motifs is 1. The van der Waals surface area contributed by atoms with Gasteiger partial charge in [-0.3, -0.25) is 4.98 Å². The fourth-order valence-corrected chi connectivity index (χ4v) is 3.69. The van der Waals surface area contributed by atoms with Crippen molar-refractivity contribution in [2.24, 2.45) is 0 Å². The van der Waals surface area contributed by atoms with E-state index in [1.165, 1.54) is 17.7 Å². The highest BCUT2D eigenvalue weighted by molar-refractivity contribution is 7.99. The highest BCUT2D eigenvalue weighted by atomic mass is 32.2. The van der Waals surface area contributed by atoms with Crippen LogP contribution in [0.1, 0.15) is 11.6 Å². The Hall–Kier alpha value is -2.14. The van der Waals surface area contributed by atoms with Crippen molar-refractivity contribution in [3.63, 3.8) is 0 Å². The lowest BCUT2D eigenvalue weighted by Crippen LogP contribution is -2.06. The summed E-state index contributed by atoms with van der Waals surface area (Å²) in [5.41, 5.74) is 3.06. The number of pyridine rings is 1. The second-order valence-corrected chi connectivity index (χ2v) is 5.92. The minimum Gasteiger partial charge on any atom is -0.317 e. The quantitative estimate of drug-likeness (QED) is 0.721. The van der Waals surface area contributed by atoms with E-state index in [0.717, 1.165) is 22.2 Å². The van der Waals surface area contributed by atoms with E-state index < -0.39 is 0 Å². The van der Waals surface area contributed by atoms with Crippen LogP contribution in [-0.4, -0.2) is 20.3 Å². The molecule has 0 fully saturated rings. The maximum Gasteiger partial charge on any atom is 0.169 e. The minimum atomic E-state index is -0.227. The smallest absolute Gasteiger partial charge is 0.169 e. The molecule has 1 aromatic carbocycles. The summed E-state index contributed by atoms with van der Waals surface area (Å²) in [6.45, 7) is 0. The number of hydrogen-bond donors (Lipinski definition) is 0. The van der Waals surface area contributed by atoms with Crippen LogP contribution in [0.5, 0.6) is 0 Å². The molecule has 3 nitrogen and oxygen atoms in total. The Bertz CT molecular complexity index is 768. The zero-order chi connectivity index (χ0) is 14.2. The Morgan fingerprint density at radius 2 is 1.86 bits per heavy atom. The van der Waals surface area contributed by atoms with Crippen LogP contribution < -0.4 is 0 Å². The lowest BCUT2D eigenvalue weighted by molar-refractivity contribution is 0.617. The van der Waals surface area contributed by atoms with Crippen LogP contribution in [0.3, 0.4) is 0 Å². The monoisotopic (exact) mass is 297 g/mol. The van der Waals surface area contributed by atoms with Crippen molar-refractivity contribution in [3.05, 3.63) is 66.4 Å². The average molecular weight is 297 g/mol. The molecule has 104 valence electrons. The van der Waals surface area contributed by atoms with Gasteiger partial charge in [0.25, 0.3) is 0 Å². The molecule has 2 aromatic heterocycles. The number of rotatable bonds is 2. The third kappa shape index (κ3) is 2.23. The summed E-state index contributed by atoms with van der Waals surface area (Å²) in [6.07, 6.45) is 5.68. The van der Waals surface area contributed by atoms with Crippen LogP contribution in [0, 0.1) is 5.82 Å². The molecule has 0 saturated carbocycles. The minimum absolute atomic E-state index is 0.227. The van der Waals surface area contributed by atoms with E-state index in [2.05, 4.69) is 14.5 Å². The van der Waals surface area contributed by atoms with Crippen LogP contribution in [-0.2, 0) is 0 Å². The van der Waals surface area contributed by atoms with Gasteiger partial charge in [-0.2, -0.15) is 0 Å². The van der Waals surface area contributed by atoms with Crippen LogP contribution >= 0.6 is 11.8 Å². The van der Waals surface area contributed by atoms with Crippen molar-refractivity contribution in [2.45, 2.75) is 11.2 Å². The fraction of sp³-hybridized carbons (Fsp3) is 0.125. The first-order valence-corrected chi connectivity index (χ1v) is 7.67. The van der Waals surface area contributed by atoms with Gasteiger partial charge in [-0.1, -0.05) is 11.8 Å². The van der Waals surface area contributed by atoms with E-state index in [1.54, 1.807) is 23.9 Å². The van der Waals surface area contributed by atoms with Gasteiger partial charge in [0.15, 0.2) is 5.16 Å².